The Morgan fingerprint density at radius 3 is 2.73 bits per heavy atom. The van der Waals surface area contributed by atoms with Crippen molar-refractivity contribution in [3.05, 3.63) is 52.3 Å². The summed E-state index contributed by atoms with van der Waals surface area (Å²) in [6, 6.07) is 5.81. The van der Waals surface area contributed by atoms with E-state index < -0.39 is 16.9 Å². The van der Waals surface area contributed by atoms with Gasteiger partial charge in [-0.15, -0.1) is 0 Å². The zero-order chi connectivity index (χ0) is 16.3. The van der Waals surface area contributed by atoms with Crippen molar-refractivity contribution >= 4 is 23.1 Å². The van der Waals surface area contributed by atoms with Gasteiger partial charge in [-0.3, -0.25) is 24.4 Å². The molecule has 2 rings (SSSR count). The van der Waals surface area contributed by atoms with Crippen LogP contribution in [-0.4, -0.2) is 26.4 Å². The lowest BCUT2D eigenvalue weighted by Gasteiger charge is -2.12. The summed E-state index contributed by atoms with van der Waals surface area (Å²) in [5.74, 6) is -0.495. The van der Waals surface area contributed by atoms with Gasteiger partial charge in [0.25, 0.3) is 0 Å². The van der Waals surface area contributed by atoms with Crippen LogP contribution in [-0.2, 0) is 4.79 Å². The van der Waals surface area contributed by atoms with E-state index in [2.05, 4.69) is 10.4 Å². The SMILES string of the molecule is CC(=O)c1cccc(NC(=O)[C@H](C)n2cc([N+](=O)[O-])cn2)c1. The third-order valence-corrected chi connectivity index (χ3v) is 3.11. The van der Waals surface area contributed by atoms with E-state index in [4.69, 9.17) is 0 Å². The number of Topliss-reactive ketones (excluding diaryl/α,β-unsaturated/α-hetero) is 1. The smallest absolute Gasteiger partial charge is 0.307 e. The fourth-order valence-electron chi connectivity index (χ4n) is 1.82. The highest BCUT2D eigenvalue weighted by Gasteiger charge is 2.19. The first-order chi connectivity index (χ1) is 10.4. The number of amides is 1. The molecule has 0 radical (unpaired) electrons. The predicted octanol–water partition coefficient (Wildman–Crippen LogP) is 2.19. The van der Waals surface area contributed by atoms with Gasteiger partial charge >= 0.3 is 5.69 Å². The van der Waals surface area contributed by atoms with E-state index in [1.165, 1.54) is 17.8 Å². The summed E-state index contributed by atoms with van der Waals surface area (Å²) in [5.41, 5.74) is 0.782. The molecule has 22 heavy (non-hydrogen) atoms. The minimum Gasteiger partial charge on any atom is -0.324 e. The number of hydrogen-bond donors (Lipinski definition) is 1. The number of benzene rings is 1. The second kappa shape index (κ2) is 6.17. The molecule has 8 heteroatoms. The third-order valence-electron chi connectivity index (χ3n) is 3.11. The Morgan fingerprint density at radius 1 is 1.41 bits per heavy atom. The van der Waals surface area contributed by atoms with E-state index in [-0.39, 0.29) is 11.5 Å². The summed E-state index contributed by atoms with van der Waals surface area (Å²) >= 11 is 0. The summed E-state index contributed by atoms with van der Waals surface area (Å²) in [6.07, 6.45) is 2.27. The maximum Gasteiger partial charge on any atom is 0.307 e. The molecule has 0 unspecified atom stereocenters. The molecule has 2 aromatic rings. The van der Waals surface area contributed by atoms with Crippen molar-refractivity contribution in [1.82, 2.24) is 9.78 Å². The van der Waals surface area contributed by atoms with Crippen LogP contribution in [0.3, 0.4) is 0 Å². The van der Waals surface area contributed by atoms with Gasteiger partial charge in [-0.2, -0.15) is 5.10 Å². The second-order valence-electron chi connectivity index (χ2n) is 4.74. The van der Waals surface area contributed by atoms with Crippen molar-refractivity contribution in [2.24, 2.45) is 0 Å². The number of aromatic nitrogens is 2. The van der Waals surface area contributed by atoms with Gasteiger partial charge in [-0.25, -0.2) is 0 Å². The van der Waals surface area contributed by atoms with Crippen LogP contribution >= 0.6 is 0 Å². The molecule has 0 bridgehead atoms. The number of nitrogens with one attached hydrogen (secondary N) is 1. The Labute approximate surface area is 125 Å². The Hall–Kier alpha value is -3.03. The molecule has 114 valence electrons. The fraction of sp³-hybridized carbons (Fsp3) is 0.214. The molecule has 0 aliphatic heterocycles. The van der Waals surface area contributed by atoms with Crippen LogP contribution in [0.4, 0.5) is 11.4 Å². The fourth-order valence-corrected chi connectivity index (χ4v) is 1.82. The first-order valence-corrected chi connectivity index (χ1v) is 6.49. The molecule has 1 N–H and O–H groups in total. The molecule has 1 heterocycles. The molecule has 8 nitrogen and oxygen atoms in total. The third kappa shape index (κ3) is 3.35. The largest absolute Gasteiger partial charge is 0.324 e. The number of carbonyl (C=O) groups excluding carboxylic acids is 2. The summed E-state index contributed by atoms with van der Waals surface area (Å²) in [7, 11) is 0. The molecule has 0 saturated heterocycles. The first-order valence-electron chi connectivity index (χ1n) is 6.49. The van der Waals surface area contributed by atoms with Gasteiger partial charge < -0.3 is 5.32 Å². The molecule has 0 aliphatic rings. The maximum absolute atomic E-state index is 12.1. The van der Waals surface area contributed by atoms with E-state index in [1.54, 1.807) is 31.2 Å². The number of hydrogen-bond acceptors (Lipinski definition) is 5. The minimum absolute atomic E-state index is 0.105. The summed E-state index contributed by atoms with van der Waals surface area (Å²) in [4.78, 5) is 33.5. The van der Waals surface area contributed by atoms with Gasteiger partial charge in [0.15, 0.2) is 5.78 Å². The molecule has 0 aliphatic carbocycles. The topological polar surface area (TPSA) is 107 Å². The Kier molecular flexibility index (Phi) is 4.31. The number of nitro groups is 1. The van der Waals surface area contributed by atoms with Crippen molar-refractivity contribution < 1.29 is 14.5 Å². The van der Waals surface area contributed by atoms with Crippen LogP contribution in [0.15, 0.2) is 36.7 Å². The summed E-state index contributed by atoms with van der Waals surface area (Å²) in [5, 5.41) is 17.1. The highest BCUT2D eigenvalue weighted by atomic mass is 16.6. The summed E-state index contributed by atoms with van der Waals surface area (Å²) < 4.78 is 1.21. The van der Waals surface area contributed by atoms with Gasteiger partial charge in [0.1, 0.15) is 18.4 Å². The minimum atomic E-state index is -0.727. The lowest BCUT2D eigenvalue weighted by Crippen LogP contribution is -2.24. The Balaban J connectivity index is 2.12. The molecule has 0 fully saturated rings. The van der Waals surface area contributed by atoms with E-state index in [0.717, 1.165) is 6.20 Å². The number of ketones is 1. The molecule has 1 aromatic carbocycles. The predicted molar refractivity (Wildman–Crippen MR) is 78.7 cm³/mol. The van der Waals surface area contributed by atoms with Gasteiger partial charge in [0.05, 0.1) is 4.92 Å². The van der Waals surface area contributed by atoms with Gasteiger partial charge in [-0.05, 0) is 26.0 Å². The highest BCUT2D eigenvalue weighted by molar-refractivity contribution is 5.97. The van der Waals surface area contributed by atoms with Gasteiger partial charge in [0, 0.05) is 11.3 Å². The normalized spacial score (nSPS) is 11.7. The Morgan fingerprint density at radius 2 is 2.14 bits per heavy atom. The van der Waals surface area contributed by atoms with Gasteiger partial charge in [0.2, 0.25) is 5.91 Å². The highest BCUT2D eigenvalue weighted by Crippen LogP contribution is 2.16. The zero-order valence-electron chi connectivity index (χ0n) is 12.0. The zero-order valence-corrected chi connectivity index (χ0v) is 12.0. The molecule has 1 atom stereocenters. The van der Waals surface area contributed by atoms with E-state index in [0.29, 0.717) is 11.3 Å². The maximum atomic E-state index is 12.1. The standard InChI is InChI=1S/C14H14N4O4/c1-9(17-8-13(7-15-17)18(21)22)14(20)16-12-5-3-4-11(6-12)10(2)19/h3-9H,1-2H3,(H,16,20)/t9-/m0/s1. The van der Waals surface area contributed by atoms with Crippen LogP contribution in [0.2, 0.25) is 0 Å². The molecule has 1 amide bonds. The monoisotopic (exact) mass is 302 g/mol. The van der Waals surface area contributed by atoms with Crippen LogP contribution in [0.1, 0.15) is 30.2 Å². The van der Waals surface area contributed by atoms with Crippen LogP contribution in [0, 0.1) is 10.1 Å². The molecular formula is C14H14N4O4. The van der Waals surface area contributed by atoms with Crippen molar-refractivity contribution in [2.45, 2.75) is 19.9 Å². The van der Waals surface area contributed by atoms with Gasteiger partial charge in [-0.1, -0.05) is 12.1 Å². The molecular weight excluding hydrogens is 288 g/mol. The van der Waals surface area contributed by atoms with Crippen molar-refractivity contribution in [1.29, 1.82) is 0 Å². The van der Waals surface area contributed by atoms with E-state index >= 15 is 0 Å². The summed E-state index contributed by atoms with van der Waals surface area (Å²) in [6.45, 7) is 3.01. The van der Waals surface area contributed by atoms with Crippen molar-refractivity contribution in [3.63, 3.8) is 0 Å². The van der Waals surface area contributed by atoms with E-state index in [9.17, 15) is 19.7 Å². The molecule has 1 aromatic heterocycles. The van der Waals surface area contributed by atoms with Crippen molar-refractivity contribution in [2.75, 3.05) is 5.32 Å². The van der Waals surface area contributed by atoms with Crippen LogP contribution in [0.5, 0.6) is 0 Å². The first kappa shape index (κ1) is 15.4. The number of rotatable bonds is 5. The second-order valence-corrected chi connectivity index (χ2v) is 4.74. The number of anilines is 1. The Bertz CT molecular complexity index is 738. The molecule has 0 spiro atoms. The lowest BCUT2D eigenvalue weighted by atomic mass is 10.1. The molecule has 0 saturated carbocycles. The lowest BCUT2D eigenvalue weighted by molar-refractivity contribution is -0.385. The van der Waals surface area contributed by atoms with Crippen LogP contribution in [0.25, 0.3) is 0 Å². The van der Waals surface area contributed by atoms with E-state index in [1.807, 2.05) is 0 Å². The average molecular weight is 302 g/mol. The quantitative estimate of drug-likeness (QED) is 0.517. The average Bonchev–Trinajstić information content (AvgIpc) is 2.96. The number of carbonyl (C=O) groups is 2. The van der Waals surface area contributed by atoms with Crippen molar-refractivity contribution in [3.8, 4) is 0 Å². The number of nitrogens with zero attached hydrogens (tertiary/aromatic N) is 3. The van der Waals surface area contributed by atoms with Crippen LogP contribution < -0.4 is 5.32 Å².